The zero-order valence-corrected chi connectivity index (χ0v) is 11.4. The van der Waals surface area contributed by atoms with Crippen LogP contribution in [0.15, 0.2) is 0 Å². The van der Waals surface area contributed by atoms with Crippen LogP contribution in [0.3, 0.4) is 0 Å². The fraction of sp³-hybridized carbons (Fsp3) is 0.923. The number of nitrogens with one attached hydrogen (secondary N) is 1. The van der Waals surface area contributed by atoms with Crippen molar-refractivity contribution in [2.45, 2.75) is 56.8 Å². The Balaban J connectivity index is 1.87. The number of rotatable bonds is 3. The van der Waals surface area contributed by atoms with Gasteiger partial charge in [-0.1, -0.05) is 0 Å². The quantitative estimate of drug-likeness (QED) is 0.786. The molecule has 0 aliphatic carbocycles. The number of carbonyl (C=O) groups is 1. The van der Waals surface area contributed by atoms with E-state index in [4.69, 9.17) is 0 Å². The lowest BCUT2D eigenvalue weighted by molar-refractivity contribution is -0.130. The summed E-state index contributed by atoms with van der Waals surface area (Å²) in [6.07, 6.45) is 5.04. The fourth-order valence-electron chi connectivity index (χ4n) is 3.36. The van der Waals surface area contributed by atoms with Gasteiger partial charge in [-0.3, -0.25) is 4.79 Å². The summed E-state index contributed by atoms with van der Waals surface area (Å²) in [4.78, 5) is 16.0. The summed E-state index contributed by atoms with van der Waals surface area (Å²) in [5.74, 6) is 0.177. The van der Waals surface area contributed by atoms with E-state index in [0.29, 0.717) is 6.04 Å². The van der Waals surface area contributed by atoms with Crippen LogP contribution >= 0.6 is 0 Å². The second kappa shape index (κ2) is 4.94. The average molecular weight is 239 g/mol. The van der Waals surface area contributed by atoms with Crippen LogP contribution < -0.4 is 5.32 Å². The van der Waals surface area contributed by atoms with E-state index in [2.05, 4.69) is 17.3 Å². The van der Waals surface area contributed by atoms with Gasteiger partial charge >= 0.3 is 0 Å². The highest BCUT2D eigenvalue weighted by molar-refractivity contribution is 5.80. The minimum absolute atomic E-state index is 0.0576. The van der Waals surface area contributed by atoms with E-state index >= 15 is 0 Å². The summed E-state index contributed by atoms with van der Waals surface area (Å²) in [7, 11) is 5.88. The number of piperidine rings is 1. The van der Waals surface area contributed by atoms with E-state index in [1.54, 1.807) is 4.90 Å². The highest BCUT2D eigenvalue weighted by atomic mass is 16.2. The van der Waals surface area contributed by atoms with E-state index in [1.165, 1.54) is 25.7 Å². The molecule has 4 heteroatoms. The summed E-state index contributed by atoms with van der Waals surface area (Å²) >= 11 is 0. The molecule has 17 heavy (non-hydrogen) atoms. The summed E-state index contributed by atoms with van der Waals surface area (Å²) in [6, 6.07) is 1.92. The first-order valence-corrected chi connectivity index (χ1v) is 6.68. The predicted molar refractivity (Wildman–Crippen MR) is 68.9 cm³/mol. The molecule has 2 saturated heterocycles. The number of carbonyl (C=O) groups excluding carboxylic acids is 1. The van der Waals surface area contributed by atoms with Crippen LogP contribution in [0.4, 0.5) is 0 Å². The molecule has 4 nitrogen and oxygen atoms in total. The van der Waals surface area contributed by atoms with Crippen molar-refractivity contribution >= 4 is 5.91 Å². The van der Waals surface area contributed by atoms with Gasteiger partial charge in [-0.05, 0) is 39.7 Å². The lowest BCUT2D eigenvalue weighted by atomic mass is 9.97. The second-order valence-corrected chi connectivity index (χ2v) is 5.84. The van der Waals surface area contributed by atoms with Gasteiger partial charge in [0.15, 0.2) is 0 Å². The Morgan fingerprint density at radius 1 is 1.29 bits per heavy atom. The van der Waals surface area contributed by atoms with Crippen molar-refractivity contribution in [1.82, 2.24) is 15.1 Å². The van der Waals surface area contributed by atoms with E-state index in [1.807, 2.05) is 21.0 Å². The van der Waals surface area contributed by atoms with Gasteiger partial charge in [0.1, 0.15) is 0 Å². The Morgan fingerprint density at radius 2 is 1.82 bits per heavy atom. The molecule has 0 aromatic rings. The average Bonchev–Trinajstić information content (AvgIpc) is 2.52. The van der Waals surface area contributed by atoms with Gasteiger partial charge in [0.2, 0.25) is 5.91 Å². The third kappa shape index (κ3) is 2.63. The highest BCUT2D eigenvalue weighted by Gasteiger charge is 2.38. The molecule has 0 spiro atoms. The van der Waals surface area contributed by atoms with E-state index in [0.717, 1.165) is 12.1 Å². The normalized spacial score (nSPS) is 34.7. The number of amides is 1. The van der Waals surface area contributed by atoms with Crippen LogP contribution in [0.2, 0.25) is 0 Å². The number of hydrogen-bond acceptors (Lipinski definition) is 3. The second-order valence-electron chi connectivity index (χ2n) is 5.84. The van der Waals surface area contributed by atoms with Crippen LogP contribution in [0.25, 0.3) is 0 Å². The maximum Gasteiger partial charge on any atom is 0.238 e. The SMILES string of the molecule is CC(NC1CC2CCC(C1)N2C)C(=O)N(C)C. The highest BCUT2D eigenvalue weighted by Crippen LogP contribution is 2.34. The molecule has 3 unspecified atom stereocenters. The fourth-order valence-corrected chi connectivity index (χ4v) is 3.36. The molecule has 0 aromatic carbocycles. The van der Waals surface area contributed by atoms with Crippen molar-refractivity contribution in [3.63, 3.8) is 0 Å². The maximum absolute atomic E-state index is 11.8. The molecular weight excluding hydrogens is 214 g/mol. The summed E-state index contributed by atoms with van der Waals surface area (Å²) in [5.41, 5.74) is 0. The molecule has 2 aliphatic rings. The predicted octanol–water partition coefficient (Wildman–Crippen LogP) is 0.678. The molecule has 2 fully saturated rings. The molecule has 1 amide bonds. The molecule has 2 bridgehead atoms. The van der Waals surface area contributed by atoms with Crippen LogP contribution in [0, 0.1) is 0 Å². The molecule has 3 atom stereocenters. The van der Waals surface area contributed by atoms with Gasteiger partial charge in [0.25, 0.3) is 0 Å². The van der Waals surface area contributed by atoms with Gasteiger partial charge < -0.3 is 15.1 Å². The summed E-state index contributed by atoms with van der Waals surface area (Å²) in [6.45, 7) is 1.97. The third-order valence-electron chi connectivity index (χ3n) is 4.40. The minimum atomic E-state index is -0.0576. The van der Waals surface area contributed by atoms with Crippen molar-refractivity contribution in [1.29, 1.82) is 0 Å². The summed E-state index contributed by atoms with van der Waals surface area (Å²) < 4.78 is 0. The largest absolute Gasteiger partial charge is 0.347 e. The van der Waals surface area contributed by atoms with Gasteiger partial charge in [-0.2, -0.15) is 0 Å². The molecular formula is C13H25N3O. The van der Waals surface area contributed by atoms with Gasteiger partial charge in [-0.25, -0.2) is 0 Å². The summed E-state index contributed by atoms with van der Waals surface area (Å²) in [5, 5.41) is 3.50. The standard InChI is InChI=1S/C13H25N3O/c1-9(13(17)15(2)3)14-10-7-11-5-6-12(8-10)16(11)4/h9-12,14H,5-8H2,1-4H3. The van der Waals surface area contributed by atoms with Crippen LogP contribution in [0.1, 0.15) is 32.6 Å². The molecule has 2 aliphatic heterocycles. The molecule has 0 radical (unpaired) electrons. The lowest BCUT2D eigenvalue weighted by Crippen LogP contribution is -2.52. The Morgan fingerprint density at radius 3 is 2.29 bits per heavy atom. The van der Waals surface area contributed by atoms with Crippen LogP contribution in [-0.4, -0.2) is 61.0 Å². The van der Waals surface area contributed by atoms with Gasteiger partial charge in [0, 0.05) is 32.2 Å². The maximum atomic E-state index is 11.8. The zero-order valence-electron chi connectivity index (χ0n) is 11.4. The minimum Gasteiger partial charge on any atom is -0.347 e. The van der Waals surface area contributed by atoms with E-state index < -0.39 is 0 Å². The first kappa shape index (κ1) is 12.8. The van der Waals surface area contributed by atoms with Gasteiger partial charge in [0.05, 0.1) is 6.04 Å². The lowest BCUT2D eigenvalue weighted by Gasteiger charge is -2.37. The van der Waals surface area contributed by atoms with Crippen molar-refractivity contribution in [2.75, 3.05) is 21.1 Å². The van der Waals surface area contributed by atoms with Crippen molar-refractivity contribution in [3.05, 3.63) is 0 Å². The first-order chi connectivity index (χ1) is 7.99. The Kier molecular flexibility index (Phi) is 3.73. The smallest absolute Gasteiger partial charge is 0.238 e. The van der Waals surface area contributed by atoms with E-state index in [9.17, 15) is 4.79 Å². The molecule has 2 heterocycles. The van der Waals surface area contributed by atoms with Crippen molar-refractivity contribution < 1.29 is 4.79 Å². The molecule has 0 aromatic heterocycles. The Bertz CT molecular complexity index is 278. The van der Waals surface area contributed by atoms with Crippen LogP contribution in [-0.2, 0) is 4.79 Å². The zero-order chi connectivity index (χ0) is 12.6. The Hall–Kier alpha value is -0.610. The molecule has 0 saturated carbocycles. The molecule has 98 valence electrons. The van der Waals surface area contributed by atoms with E-state index in [-0.39, 0.29) is 11.9 Å². The van der Waals surface area contributed by atoms with Crippen molar-refractivity contribution in [3.8, 4) is 0 Å². The molecule has 2 rings (SSSR count). The van der Waals surface area contributed by atoms with Crippen LogP contribution in [0.5, 0.6) is 0 Å². The monoisotopic (exact) mass is 239 g/mol. The molecule has 1 N–H and O–H groups in total. The number of nitrogens with zero attached hydrogens (tertiary/aromatic N) is 2. The number of likely N-dealkylation sites (N-methyl/N-ethyl adjacent to an activating group) is 1. The number of hydrogen-bond donors (Lipinski definition) is 1. The van der Waals surface area contributed by atoms with Gasteiger partial charge in [-0.15, -0.1) is 0 Å². The topological polar surface area (TPSA) is 35.6 Å². The third-order valence-corrected chi connectivity index (χ3v) is 4.40. The number of fused-ring (bicyclic) bond motifs is 2. The van der Waals surface area contributed by atoms with Crippen molar-refractivity contribution in [2.24, 2.45) is 0 Å². The first-order valence-electron chi connectivity index (χ1n) is 6.68. The Labute approximate surface area is 104 Å².